The lowest BCUT2D eigenvalue weighted by Gasteiger charge is -2.16. The molecule has 0 saturated heterocycles. The molecule has 2 atom stereocenters. The zero-order chi connectivity index (χ0) is 15.3. The Morgan fingerprint density at radius 1 is 1.40 bits per heavy atom. The molecule has 1 heterocycles. The van der Waals surface area contributed by atoms with Crippen molar-refractivity contribution >= 4 is 22.4 Å². The van der Waals surface area contributed by atoms with Crippen molar-refractivity contribution in [2.24, 2.45) is 5.84 Å². The molecule has 0 bridgehead atoms. The lowest BCUT2D eigenvalue weighted by molar-refractivity contribution is -0.144. The van der Waals surface area contributed by atoms with Crippen molar-refractivity contribution in [3.8, 4) is 0 Å². The van der Waals surface area contributed by atoms with Crippen LogP contribution in [0, 0.1) is 0 Å². The van der Waals surface area contributed by atoms with Crippen molar-refractivity contribution < 1.29 is 17.4 Å². The zero-order valence-electron chi connectivity index (χ0n) is 11.0. The molecule has 0 fully saturated rings. The van der Waals surface area contributed by atoms with Gasteiger partial charge in [-0.15, -0.1) is 0 Å². The molecule has 0 aliphatic heterocycles. The Bertz CT molecular complexity index is 482. The van der Waals surface area contributed by atoms with Gasteiger partial charge in [-0.25, -0.2) is 15.8 Å². The highest BCUT2D eigenvalue weighted by Gasteiger charge is 2.35. The summed E-state index contributed by atoms with van der Waals surface area (Å²) in [5.74, 6) is 4.13. The van der Waals surface area contributed by atoms with Gasteiger partial charge >= 0.3 is 6.18 Å². The van der Waals surface area contributed by atoms with Crippen molar-refractivity contribution in [1.29, 1.82) is 0 Å². The molecule has 2 unspecified atom stereocenters. The Kier molecular flexibility index (Phi) is 5.69. The number of hydrazine groups is 1. The van der Waals surface area contributed by atoms with Crippen LogP contribution >= 0.6 is 0 Å². The minimum absolute atomic E-state index is 0.00894. The summed E-state index contributed by atoms with van der Waals surface area (Å²) in [6.07, 6.45) is -2.55. The van der Waals surface area contributed by atoms with Gasteiger partial charge in [-0.3, -0.25) is 4.21 Å². The van der Waals surface area contributed by atoms with Crippen LogP contribution in [-0.4, -0.2) is 32.2 Å². The second-order valence-electron chi connectivity index (χ2n) is 4.22. The van der Waals surface area contributed by atoms with Crippen LogP contribution in [0.2, 0.25) is 0 Å². The van der Waals surface area contributed by atoms with Crippen LogP contribution < -0.4 is 16.6 Å². The first-order valence-electron chi connectivity index (χ1n) is 5.72. The molecular weight excluding hydrogens is 295 g/mol. The molecule has 0 aliphatic rings. The molecule has 0 saturated carbocycles. The van der Waals surface area contributed by atoms with Gasteiger partial charge in [0.2, 0.25) is 5.82 Å². The Morgan fingerprint density at radius 2 is 2.00 bits per heavy atom. The Hall–Kier alpha value is -1.42. The van der Waals surface area contributed by atoms with Crippen LogP contribution in [0.5, 0.6) is 0 Å². The minimum Gasteiger partial charge on any atom is -0.367 e. The van der Waals surface area contributed by atoms with Crippen molar-refractivity contribution in [2.75, 3.05) is 22.8 Å². The molecule has 1 rings (SSSR count). The summed E-state index contributed by atoms with van der Waals surface area (Å²) in [5, 5.41) is 2.80. The number of halogens is 3. The molecule has 0 amide bonds. The quantitative estimate of drug-likeness (QED) is 0.542. The molecule has 6 nitrogen and oxygen atoms in total. The second kappa shape index (κ2) is 6.84. The van der Waals surface area contributed by atoms with Crippen LogP contribution in [0.4, 0.5) is 24.8 Å². The van der Waals surface area contributed by atoms with E-state index in [9.17, 15) is 17.4 Å². The lowest BCUT2D eigenvalue weighted by atomic mass is 10.2. The van der Waals surface area contributed by atoms with Crippen LogP contribution in [0.1, 0.15) is 19.2 Å². The smallest absolute Gasteiger partial charge is 0.367 e. The van der Waals surface area contributed by atoms with E-state index in [2.05, 4.69) is 20.7 Å². The first kappa shape index (κ1) is 16.6. The molecule has 1 aromatic heterocycles. The maximum atomic E-state index is 12.6. The predicted octanol–water partition coefficient (Wildman–Crippen LogP) is 1.35. The first-order valence-corrected chi connectivity index (χ1v) is 7.44. The van der Waals surface area contributed by atoms with Gasteiger partial charge in [0.05, 0.1) is 0 Å². The molecular formula is C10H16F3N5OS. The highest BCUT2D eigenvalue weighted by atomic mass is 32.2. The van der Waals surface area contributed by atoms with Crippen molar-refractivity contribution in [2.45, 2.75) is 25.6 Å². The highest BCUT2D eigenvalue weighted by Crippen LogP contribution is 2.28. The number of nitrogens with zero attached hydrogens (tertiary/aromatic N) is 2. The number of hydrogen-bond donors (Lipinski definition) is 3. The maximum Gasteiger partial charge on any atom is 0.451 e. The maximum absolute atomic E-state index is 12.6. The fourth-order valence-corrected chi connectivity index (χ4v) is 2.07. The highest BCUT2D eigenvalue weighted by molar-refractivity contribution is 7.84. The minimum atomic E-state index is -4.66. The Labute approximate surface area is 116 Å². The summed E-state index contributed by atoms with van der Waals surface area (Å²) in [4.78, 5) is 6.64. The standard InChI is InChI=1S/C10H16F3N5OS/c1-6(3-4-20(2)19)15-7-5-8(18-14)17-9(16-7)10(11,12)13/h5-6H,3-4,14H2,1-2H3,(H2,15,16,17,18). The number of nitrogen functional groups attached to an aromatic ring is 1. The van der Waals surface area contributed by atoms with Crippen LogP contribution in [0.15, 0.2) is 6.07 Å². The van der Waals surface area contributed by atoms with Crippen LogP contribution in [0.3, 0.4) is 0 Å². The van der Waals surface area contributed by atoms with E-state index in [0.717, 1.165) is 0 Å². The van der Waals surface area contributed by atoms with Gasteiger partial charge in [0.1, 0.15) is 11.6 Å². The number of rotatable bonds is 6. The van der Waals surface area contributed by atoms with E-state index in [1.54, 1.807) is 13.2 Å². The molecule has 10 heteroatoms. The fourth-order valence-electron chi connectivity index (χ4n) is 1.39. The van der Waals surface area contributed by atoms with E-state index in [0.29, 0.717) is 12.2 Å². The third-order valence-corrected chi connectivity index (χ3v) is 3.17. The summed E-state index contributed by atoms with van der Waals surface area (Å²) in [6.45, 7) is 1.76. The van der Waals surface area contributed by atoms with Crippen LogP contribution in [0.25, 0.3) is 0 Å². The summed E-state index contributed by atoms with van der Waals surface area (Å²) >= 11 is 0. The fraction of sp³-hybridized carbons (Fsp3) is 0.600. The monoisotopic (exact) mass is 311 g/mol. The van der Waals surface area contributed by atoms with Gasteiger partial charge in [0.15, 0.2) is 0 Å². The average Bonchev–Trinajstić information content (AvgIpc) is 2.34. The molecule has 0 aromatic carbocycles. The van der Waals surface area contributed by atoms with Gasteiger partial charge in [0, 0.05) is 34.9 Å². The normalized spacial score (nSPS) is 14.7. The molecule has 0 radical (unpaired) electrons. The molecule has 20 heavy (non-hydrogen) atoms. The summed E-state index contributed by atoms with van der Waals surface area (Å²) in [7, 11) is -0.954. The number of nitrogens with one attached hydrogen (secondary N) is 2. The average molecular weight is 311 g/mol. The number of alkyl halides is 3. The summed E-state index contributed by atoms with van der Waals surface area (Å²) in [5.41, 5.74) is 2.06. The van der Waals surface area contributed by atoms with E-state index in [1.807, 2.05) is 0 Å². The lowest BCUT2D eigenvalue weighted by Crippen LogP contribution is -2.21. The first-order chi connectivity index (χ1) is 9.22. The number of anilines is 2. The summed E-state index contributed by atoms with van der Waals surface area (Å²) in [6, 6.07) is 1.09. The third-order valence-electron chi connectivity index (χ3n) is 2.36. The SMILES string of the molecule is CC(CCS(C)=O)Nc1cc(NN)nc(C(F)(F)F)n1. The largest absolute Gasteiger partial charge is 0.451 e. The topological polar surface area (TPSA) is 92.9 Å². The molecule has 4 N–H and O–H groups in total. The van der Waals surface area contributed by atoms with Gasteiger partial charge in [-0.2, -0.15) is 13.2 Å². The van der Waals surface area contributed by atoms with Crippen molar-refractivity contribution in [1.82, 2.24) is 9.97 Å². The van der Waals surface area contributed by atoms with Crippen LogP contribution in [-0.2, 0) is 17.0 Å². The number of hydrogen-bond acceptors (Lipinski definition) is 6. The van der Waals surface area contributed by atoms with Gasteiger partial charge in [0.25, 0.3) is 0 Å². The Morgan fingerprint density at radius 3 is 2.50 bits per heavy atom. The second-order valence-corrected chi connectivity index (χ2v) is 5.77. The van der Waals surface area contributed by atoms with E-state index in [4.69, 9.17) is 5.84 Å². The van der Waals surface area contributed by atoms with Gasteiger partial charge in [-0.1, -0.05) is 0 Å². The molecule has 0 aliphatic carbocycles. The van der Waals surface area contributed by atoms with Gasteiger partial charge < -0.3 is 10.7 Å². The predicted molar refractivity (Wildman–Crippen MR) is 71.5 cm³/mol. The molecule has 114 valence electrons. The van der Waals surface area contributed by atoms with E-state index in [-0.39, 0.29) is 17.7 Å². The third kappa shape index (κ3) is 5.29. The molecule has 0 spiro atoms. The molecule has 1 aromatic rings. The Balaban J connectivity index is 2.86. The van der Waals surface area contributed by atoms with Crippen molar-refractivity contribution in [3.63, 3.8) is 0 Å². The van der Waals surface area contributed by atoms with E-state index in [1.165, 1.54) is 6.07 Å². The van der Waals surface area contributed by atoms with Crippen molar-refractivity contribution in [3.05, 3.63) is 11.9 Å². The number of nitrogens with two attached hydrogens (primary N) is 1. The van der Waals surface area contributed by atoms with E-state index < -0.39 is 22.8 Å². The number of aromatic nitrogens is 2. The van der Waals surface area contributed by atoms with Gasteiger partial charge in [-0.05, 0) is 13.3 Å². The summed E-state index contributed by atoms with van der Waals surface area (Å²) < 4.78 is 48.8. The zero-order valence-corrected chi connectivity index (χ0v) is 11.8. The van der Waals surface area contributed by atoms with E-state index >= 15 is 0 Å².